The molecule has 1 aromatic rings. The van der Waals surface area contributed by atoms with Gasteiger partial charge in [0.05, 0.1) is 7.11 Å². The Hall–Kier alpha value is -1.71. The summed E-state index contributed by atoms with van der Waals surface area (Å²) < 4.78 is 5.35. The average molecular weight is 291 g/mol. The first kappa shape index (κ1) is 17.3. The third kappa shape index (κ3) is 6.52. The van der Waals surface area contributed by atoms with Crippen molar-refractivity contribution in [1.29, 1.82) is 0 Å². The second-order valence-corrected chi connectivity index (χ2v) is 5.66. The van der Waals surface area contributed by atoms with Gasteiger partial charge in [0.25, 0.3) is 0 Å². The highest BCUT2D eigenvalue weighted by Gasteiger charge is 2.02. The Morgan fingerprint density at radius 1 is 1.24 bits per heavy atom. The number of nitrogens with one attached hydrogen (secondary N) is 2. The van der Waals surface area contributed by atoms with Gasteiger partial charge in [0.2, 0.25) is 0 Å². The summed E-state index contributed by atoms with van der Waals surface area (Å²) in [5, 5.41) is 6.67. The van der Waals surface area contributed by atoms with Gasteiger partial charge in [-0.2, -0.15) is 0 Å². The summed E-state index contributed by atoms with van der Waals surface area (Å²) in [6, 6.07) is 6.35. The van der Waals surface area contributed by atoms with Crippen LogP contribution in [0, 0.1) is 12.8 Å². The van der Waals surface area contributed by atoms with E-state index in [1.807, 2.05) is 0 Å². The van der Waals surface area contributed by atoms with E-state index in [1.54, 1.807) is 14.2 Å². The van der Waals surface area contributed by atoms with Crippen molar-refractivity contribution in [1.82, 2.24) is 10.6 Å². The summed E-state index contributed by atoms with van der Waals surface area (Å²) in [6.45, 7) is 8.32. The quantitative estimate of drug-likeness (QED) is 0.600. The fourth-order valence-electron chi connectivity index (χ4n) is 2.05. The lowest BCUT2D eigenvalue weighted by Crippen LogP contribution is -2.39. The predicted octanol–water partition coefficient (Wildman–Crippen LogP) is 2.76. The second kappa shape index (κ2) is 9.27. The lowest BCUT2D eigenvalue weighted by molar-refractivity contribution is 0.411. The minimum atomic E-state index is 0.704. The molecule has 1 aromatic carbocycles. The van der Waals surface area contributed by atoms with Crippen molar-refractivity contribution >= 4 is 5.96 Å². The van der Waals surface area contributed by atoms with E-state index in [9.17, 15) is 0 Å². The summed E-state index contributed by atoms with van der Waals surface area (Å²) in [5.74, 6) is 2.53. The topological polar surface area (TPSA) is 45.7 Å². The number of aryl methyl sites for hydroxylation is 1. The maximum Gasteiger partial charge on any atom is 0.190 e. The van der Waals surface area contributed by atoms with Gasteiger partial charge in [-0.15, -0.1) is 0 Å². The number of rotatable bonds is 7. The number of guanidine groups is 1. The van der Waals surface area contributed by atoms with Gasteiger partial charge in [0.15, 0.2) is 5.96 Å². The molecule has 0 aromatic heterocycles. The van der Waals surface area contributed by atoms with Crippen LogP contribution in [-0.4, -0.2) is 33.2 Å². The summed E-state index contributed by atoms with van der Waals surface area (Å²) in [6.07, 6.45) is 2.09. The number of aliphatic imine (C=N–C) groups is 1. The Kier molecular flexibility index (Phi) is 7.65. The molecule has 0 fully saturated rings. The van der Waals surface area contributed by atoms with Gasteiger partial charge in [-0.1, -0.05) is 26.0 Å². The summed E-state index contributed by atoms with van der Waals surface area (Å²) in [5.41, 5.74) is 2.43. The highest BCUT2D eigenvalue weighted by atomic mass is 16.5. The molecular weight excluding hydrogens is 262 g/mol. The van der Waals surface area contributed by atoms with Gasteiger partial charge in [0, 0.05) is 20.1 Å². The zero-order valence-electron chi connectivity index (χ0n) is 14.0. The van der Waals surface area contributed by atoms with Gasteiger partial charge in [0.1, 0.15) is 5.75 Å². The zero-order valence-corrected chi connectivity index (χ0v) is 14.0. The third-order valence-electron chi connectivity index (χ3n) is 3.42. The second-order valence-electron chi connectivity index (χ2n) is 5.66. The van der Waals surface area contributed by atoms with E-state index in [1.165, 1.54) is 11.1 Å². The van der Waals surface area contributed by atoms with E-state index < -0.39 is 0 Å². The number of ether oxygens (including phenoxy) is 1. The Morgan fingerprint density at radius 2 is 1.95 bits per heavy atom. The van der Waals surface area contributed by atoms with E-state index in [4.69, 9.17) is 4.74 Å². The normalized spacial score (nSPS) is 11.6. The Bertz CT molecular complexity index is 455. The van der Waals surface area contributed by atoms with Crippen LogP contribution in [0.25, 0.3) is 0 Å². The van der Waals surface area contributed by atoms with Crippen LogP contribution < -0.4 is 15.4 Å². The molecule has 0 bridgehead atoms. The monoisotopic (exact) mass is 291 g/mol. The molecule has 21 heavy (non-hydrogen) atoms. The molecule has 0 amide bonds. The Balaban J connectivity index is 2.37. The smallest absolute Gasteiger partial charge is 0.190 e. The van der Waals surface area contributed by atoms with Gasteiger partial charge in [-0.3, -0.25) is 4.99 Å². The molecule has 0 saturated carbocycles. The van der Waals surface area contributed by atoms with E-state index >= 15 is 0 Å². The van der Waals surface area contributed by atoms with Crippen LogP contribution in [0.2, 0.25) is 0 Å². The highest BCUT2D eigenvalue weighted by molar-refractivity contribution is 5.79. The molecule has 0 aliphatic heterocycles. The first-order chi connectivity index (χ1) is 10.1. The van der Waals surface area contributed by atoms with Crippen molar-refractivity contribution in [2.24, 2.45) is 10.9 Å². The van der Waals surface area contributed by atoms with E-state index in [-0.39, 0.29) is 0 Å². The molecule has 0 saturated heterocycles. The fourth-order valence-corrected chi connectivity index (χ4v) is 2.05. The Labute approximate surface area is 129 Å². The maximum atomic E-state index is 5.35. The summed E-state index contributed by atoms with van der Waals surface area (Å²) >= 11 is 0. The molecule has 118 valence electrons. The maximum absolute atomic E-state index is 5.35. The van der Waals surface area contributed by atoms with Crippen molar-refractivity contribution in [3.63, 3.8) is 0 Å². The van der Waals surface area contributed by atoms with Crippen LogP contribution in [0.3, 0.4) is 0 Å². The predicted molar refractivity (Wildman–Crippen MR) is 90.3 cm³/mol. The lowest BCUT2D eigenvalue weighted by atomic mass is 10.1. The van der Waals surface area contributed by atoms with Crippen LogP contribution in [0.5, 0.6) is 5.75 Å². The third-order valence-corrected chi connectivity index (χ3v) is 3.42. The van der Waals surface area contributed by atoms with Crippen molar-refractivity contribution in [2.45, 2.75) is 33.6 Å². The first-order valence-corrected chi connectivity index (χ1v) is 7.64. The molecule has 1 rings (SSSR count). The van der Waals surface area contributed by atoms with Gasteiger partial charge in [-0.05, 0) is 42.9 Å². The molecule has 0 radical (unpaired) electrons. The molecule has 2 N–H and O–H groups in total. The zero-order chi connectivity index (χ0) is 15.7. The number of benzene rings is 1. The van der Waals surface area contributed by atoms with Crippen LogP contribution in [-0.2, 0) is 6.42 Å². The minimum absolute atomic E-state index is 0.704. The summed E-state index contributed by atoms with van der Waals surface area (Å²) in [4.78, 5) is 4.23. The molecule has 0 atom stereocenters. The molecule has 0 unspecified atom stereocenters. The van der Waals surface area contributed by atoms with Crippen molar-refractivity contribution in [2.75, 3.05) is 27.2 Å². The average Bonchev–Trinajstić information content (AvgIpc) is 2.47. The molecule has 4 nitrogen and oxygen atoms in total. The van der Waals surface area contributed by atoms with Gasteiger partial charge < -0.3 is 15.4 Å². The Morgan fingerprint density at radius 3 is 2.57 bits per heavy atom. The molecular formula is C17H29N3O. The standard InChI is InChI=1S/C17H29N3O/c1-13(2)8-10-19-17(18-4)20-11-9-15-7-6-14(3)16(12-15)21-5/h6-7,12-13H,8-11H2,1-5H3,(H2,18,19,20). The number of hydrogen-bond acceptors (Lipinski definition) is 2. The van der Waals surface area contributed by atoms with Crippen LogP contribution >= 0.6 is 0 Å². The molecule has 4 heteroatoms. The van der Waals surface area contributed by atoms with Crippen molar-refractivity contribution < 1.29 is 4.74 Å². The summed E-state index contributed by atoms with van der Waals surface area (Å²) in [7, 11) is 3.52. The molecule has 0 aliphatic rings. The van der Waals surface area contributed by atoms with Crippen LogP contribution in [0.4, 0.5) is 0 Å². The van der Waals surface area contributed by atoms with Crippen molar-refractivity contribution in [3.05, 3.63) is 29.3 Å². The minimum Gasteiger partial charge on any atom is -0.496 e. The largest absolute Gasteiger partial charge is 0.496 e. The van der Waals surface area contributed by atoms with Crippen LogP contribution in [0.1, 0.15) is 31.4 Å². The van der Waals surface area contributed by atoms with E-state index in [0.717, 1.165) is 37.6 Å². The molecule has 0 aliphatic carbocycles. The van der Waals surface area contributed by atoms with Crippen molar-refractivity contribution in [3.8, 4) is 5.75 Å². The lowest BCUT2D eigenvalue weighted by Gasteiger charge is -2.13. The first-order valence-electron chi connectivity index (χ1n) is 7.64. The SMILES string of the molecule is CN=C(NCCc1ccc(C)c(OC)c1)NCCC(C)C. The van der Waals surface area contributed by atoms with Gasteiger partial charge >= 0.3 is 0 Å². The number of methoxy groups -OCH3 is 1. The highest BCUT2D eigenvalue weighted by Crippen LogP contribution is 2.18. The van der Waals surface area contributed by atoms with E-state index in [0.29, 0.717) is 5.92 Å². The van der Waals surface area contributed by atoms with Crippen LogP contribution in [0.15, 0.2) is 23.2 Å². The van der Waals surface area contributed by atoms with Gasteiger partial charge in [-0.25, -0.2) is 0 Å². The molecule has 0 heterocycles. The van der Waals surface area contributed by atoms with E-state index in [2.05, 4.69) is 54.6 Å². The number of nitrogens with zero attached hydrogens (tertiary/aromatic N) is 1. The number of hydrogen-bond donors (Lipinski definition) is 2. The molecule has 0 spiro atoms. The fraction of sp³-hybridized carbons (Fsp3) is 0.588.